The van der Waals surface area contributed by atoms with Crippen LogP contribution in [0, 0.1) is 13.8 Å². The van der Waals surface area contributed by atoms with Gasteiger partial charge in [0.05, 0.1) is 11.1 Å². The summed E-state index contributed by atoms with van der Waals surface area (Å²) in [5.74, 6) is -1.93. The zero-order valence-electron chi connectivity index (χ0n) is 27.2. The molecule has 0 atom stereocenters. The second-order valence-corrected chi connectivity index (χ2v) is 14.2. The number of nitrogens with one attached hydrogen (secondary N) is 3. The van der Waals surface area contributed by atoms with Crippen molar-refractivity contribution >= 4 is 58.4 Å². The fourth-order valence-electron chi connectivity index (χ4n) is 5.86. The van der Waals surface area contributed by atoms with Gasteiger partial charge in [-0.3, -0.25) is 19.8 Å². The molecule has 2 aromatic heterocycles. The second kappa shape index (κ2) is 13.0. The molecule has 0 saturated heterocycles. The minimum atomic E-state index is -0.653. The number of hydrogen-bond acceptors (Lipinski definition) is 9. The summed E-state index contributed by atoms with van der Waals surface area (Å²) < 4.78 is 0. The van der Waals surface area contributed by atoms with E-state index in [4.69, 9.17) is 0 Å². The fourth-order valence-corrected chi connectivity index (χ4v) is 7.84. The van der Waals surface area contributed by atoms with Gasteiger partial charge in [0.15, 0.2) is 0 Å². The number of rotatable bonds is 9. The lowest BCUT2D eigenvalue weighted by atomic mass is 10.0. The molecule has 0 spiro atoms. The van der Waals surface area contributed by atoms with Crippen LogP contribution in [0.15, 0.2) is 145 Å². The number of aryl methyl sites for hydroxylation is 2. The van der Waals surface area contributed by atoms with Crippen LogP contribution in [0.3, 0.4) is 0 Å². The molecule has 3 heterocycles. The maximum atomic E-state index is 13.9. The van der Waals surface area contributed by atoms with Crippen LogP contribution in [0.4, 0.5) is 11.5 Å². The van der Waals surface area contributed by atoms with Crippen molar-refractivity contribution in [2.45, 2.75) is 33.4 Å². The lowest BCUT2D eigenvalue weighted by Crippen LogP contribution is -2.35. The normalized spacial score (nSPS) is 13.8. The molecule has 250 valence electrons. The summed E-state index contributed by atoms with van der Waals surface area (Å²) in [6, 6.07) is 29.9. The number of carbonyl (C=O) groups is 3. The molecule has 8 rings (SSSR count). The zero-order chi connectivity index (χ0) is 35.2. The van der Waals surface area contributed by atoms with Crippen LogP contribution in [-0.2, 0) is 0 Å². The van der Waals surface area contributed by atoms with E-state index in [0.29, 0.717) is 17.1 Å². The van der Waals surface area contributed by atoms with Crippen molar-refractivity contribution < 1.29 is 19.5 Å². The summed E-state index contributed by atoms with van der Waals surface area (Å²) in [7, 11) is 0. The molecular formula is C39H27N6O4S2-. The number of hydrazine groups is 1. The van der Waals surface area contributed by atoms with Gasteiger partial charge in [-0.15, -0.1) is 10.2 Å². The third-order valence-corrected chi connectivity index (χ3v) is 10.8. The van der Waals surface area contributed by atoms with E-state index in [1.54, 1.807) is 60.9 Å². The van der Waals surface area contributed by atoms with Crippen LogP contribution < -0.4 is 10.5 Å². The Balaban J connectivity index is 1.19. The Morgan fingerprint density at radius 1 is 0.667 bits per heavy atom. The number of nitrogens with zero attached hydrogens (tertiary/aromatic N) is 3. The van der Waals surface area contributed by atoms with E-state index in [2.05, 4.69) is 25.6 Å². The van der Waals surface area contributed by atoms with E-state index < -0.39 is 23.4 Å². The van der Waals surface area contributed by atoms with Gasteiger partial charge in [-0.1, -0.05) is 64.7 Å². The topological polar surface area (TPSA) is 146 Å². The summed E-state index contributed by atoms with van der Waals surface area (Å²) in [5.41, 5.74) is 6.39. The van der Waals surface area contributed by atoms with Crippen LogP contribution in [0.2, 0.25) is 0 Å². The van der Waals surface area contributed by atoms with E-state index in [0.717, 1.165) is 35.7 Å². The summed E-state index contributed by atoms with van der Waals surface area (Å²) in [4.78, 5) is 50.7. The molecule has 0 radical (unpaired) electrons. The molecule has 0 bridgehead atoms. The van der Waals surface area contributed by atoms with E-state index in [1.165, 1.54) is 23.5 Å². The lowest BCUT2D eigenvalue weighted by Gasteiger charge is -2.15. The predicted octanol–water partition coefficient (Wildman–Crippen LogP) is 8.56. The Hall–Kier alpha value is -6.11. The average molecular weight is 708 g/mol. The molecule has 2 amide bonds. The standard InChI is InChI=1S/C39H28N6O4S2/c1-21-7-11-23(12-8-21)50-30-19-27-28(20-31(30)51-24-13-9-22(2)10-14-24)37(47)35(36(27)46)43-42-34-25(29-5-3-17-40-29)15-16-26-33(34)39(49)45(38(26)48)44-32-6-4-18-41-32/h3-20,40-41,44,46H,1-2H3/p-1. The van der Waals surface area contributed by atoms with Crippen molar-refractivity contribution in [3.63, 3.8) is 0 Å². The summed E-state index contributed by atoms with van der Waals surface area (Å²) >= 11 is 3.02. The quantitative estimate of drug-likeness (QED) is 0.101. The van der Waals surface area contributed by atoms with Gasteiger partial charge in [0, 0.05) is 48.8 Å². The number of carbonyl (C=O) groups excluding carboxylic acids is 3. The van der Waals surface area contributed by atoms with Gasteiger partial charge in [-0.05, 0) is 92.2 Å². The smallest absolute Gasteiger partial charge is 0.282 e. The number of hydrogen-bond donors (Lipinski definition) is 3. The third-order valence-electron chi connectivity index (χ3n) is 8.50. The van der Waals surface area contributed by atoms with E-state index in [9.17, 15) is 19.5 Å². The highest BCUT2D eigenvalue weighted by atomic mass is 32.2. The largest absolute Gasteiger partial charge is 0.870 e. The van der Waals surface area contributed by atoms with Crippen LogP contribution in [0.5, 0.6) is 0 Å². The first-order valence-electron chi connectivity index (χ1n) is 15.9. The molecule has 51 heavy (non-hydrogen) atoms. The number of anilines is 1. The van der Waals surface area contributed by atoms with Gasteiger partial charge in [0.2, 0.25) is 5.78 Å². The van der Waals surface area contributed by atoms with Crippen LogP contribution >= 0.6 is 23.5 Å². The number of allylic oxidation sites excluding steroid dienone is 1. The SMILES string of the molecule is Cc1ccc(Sc2cc3c(cc2Sc2ccc(C)cc2)C([O-])=C(N=Nc2c(-c4ccc[nH]4)ccc4c2C(=O)N(Nc2ccc[nH]2)C4=O)C3=O)cc1. The summed E-state index contributed by atoms with van der Waals surface area (Å²) in [6.07, 6.45) is 3.37. The van der Waals surface area contributed by atoms with Crippen molar-refractivity contribution in [3.05, 3.63) is 149 Å². The molecule has 0 unspecified atom stereocenters. The molecule has 0 saturated carbocycles. The number of ketones is 1. The molecule has 1 aliphatic carbocycles. The van der Waals surface area contributed by atoms with Gasteiger partial charge in [-0.25, -0.2) is 0 Å². The highest BCUT2D eigenvalue weighted by Crippen LogP contribution is 2.45. The van der Waals surface area contributed by atoms with Crippen molar-refractivity contribution in [3.8, 4) is 11.3 Å². The number of benzene rings is 4. The number of amides is 2. The first-order valence-corrected chi connectivity index (χ1v) is 17.5. The van der Waals surface area contributed by atoms with Crippen molar-refractivity contribution in [1.29, 1.82) is 0 Å². The maximum Gasteiger partial charge on any atom is 0.282 e. The zero-order valence-corrected chi connectivity index (χ0v) is 28.8. The highest BCUT2D eigenvalue weighted by Gasteiger charge is 2.40. The number of azo groups is 1. The number of Topliss-reactive ketones (excluding diaryl/α,β-unsaturated/α-hetero) is 1. The predicted molar refractivity (Wildman–Crippen MR) is 194 cm³/mol. The Kier molecular flexibility index (Phi) is 8.17. The molecule has 3 N–H and O–H groups in total. The molecule has 1 aliphatic heterocycles. The summed E-state index contributed by atoms with van der Waals surface area (Å²) in [6.45, 7) is 4.04. The Morgan fingerprint density at radius 3 is 1.88 bits per heavy atom. The summed E-state index contributed by atoms with van der Waals surface area (Å²) in [5, 5.41) is 23.4. The molecular weight excluding hydrogens is 681 g/mol. The van der Waals surface area contributed by atoms with E-state index in [1.807, 2.05) is 62.4 Å². The number of aromatic amines is 2. The molecule has 0 fully saturated rings. The van der Waals surface area contributed by atoms with Crippen LogP contribution in [0.1, 0.15) is 47.8 Å². The first kappa shape index (κ1) is 32.1. The fraction of sp³-hybridized carbons (Fsp3) is 0.0513. The molecule has 6 aromatic rings. The van der Waals surface area contributed by atoms with E-state index in [-0.39, 0.29) is 33.6 Å². The van der Waals surface area contributed by atoms with Gasteiger partial charge >= 0.3 is 0 Å². The number of imide groups is 1. The van der Waals surface area contributed by atoms with Crippen LogP contribution in [-0.4, -0.2) is 32.6 Å². The van der Waals surface area contributed by atoms with E-state index >= 15 is 0 Å². The van der Waals surface area contributed by atoms with Gasteiger partial charge < -0.3 is 15.1 Å². The third kappa shape index (κ3) is 5.94. The minimum Gasteiger partial charge on any atom is -0.870 e. The monoisotopic (exact) mass is 707 g/mol. The lowest BCUT2D eigenvalue weighted by molar-refractivity contribution is -0.244. The number of fused-ring (bicyclic) bond motifs is 2. The van der Waals surface area contributed by atoms with Gasteiger partial charge in [-0.2, -0.15) is 5.01 Å². The Bertz CT molecular complexity index is 2420. The van der Waals surface area contributed by atoms with Crippen LogP contribution in [0.25, 0.3) is 17.0 Å². The molecule has 4 aromatic carbocycles. The molecule has 2 aliphatic rings. The van der Waals surface area contributed by atoms with Crippen molar-refractivity contribution in [1.82, 2.24) is 15.0 Å². The molecule has 12 heteroatoms. The number of aromatic nitrogens is 2. The van der Waals surface area contributed by atoms with Crippen molar-refractivity contribution in [2.75, 3.05) is 5.43 Å². The molecule has 10 nitrogen and oxygen atoms in total. The minimum absolute atomic E-state index is 0.000478. The Morgan fingerprint density at radius 2 is 1.27 bits per heavy atom. The number of H-pyrrole nitrogens is 2. The first-order chi connectivity index (χ1) is 24.7. The maximum absolute atomic E-state index is 13.9. The second-order valence-electron chi connectivity index (χ2n) is 12.0. The average Bonchev–Trinajstić information content (AvgIpc) is 3.94. The van der Waals surface area contributed by atoms with Gasteiger partial charge in [0.1, 0.15) is 17.2 Å². The van der Waals surface area contributed by atoms with Crippen molar-refractivity contribution in [2.24, 2.45) is 10.2 Å². The highest BCUT2D eigenvalue weighted by molar-refractivity contribution is 8.02. The Labute approximate surface area is 300 Å². The van der Waals surface area contributed by atoms with Gasteiger partial charge in [0.25, 0.3) is 11.8 Å².